The monoisotopic (exact) mass is 262 g/mol. The number of nitrogen functional groups attached to an aromatic ring is 1. The molecule has 96 valence electrons. The maximum Gasteiger partial charge on any atom is 0.161 e. The van der Waals surface area contributed by atoms with Gasteiger partial charge in [-0.1, -0.05) is 13.8 Å². The third kappa shape index (κ3) is 1.65. The zero-order valence-corrected chi connectivity index (χ0v) is 11.8. The molecule has 4 nitrogen and oxygen atoms in total. The van der Waals surface area contributed by atoms with Crippen LogP contribution in [0.1, 0.15) is 42.5 Å². The Morgan fingerprint density at radius 1 is 1.33 bits per heavy atom. The molecule has 0 aromatic carbocycles. The minimum Gasteiger partial charge on any atom is -0.390 e. The van der Waals surface area contributed by atoms with Crippen molar-refractivity contribution in [2.24, 2.45) is 7.05 Å². The van der Waals surface area contributed by atoms with Crippen LogP contribution in [0.5, 0.6) is 0 Å². The molecule has 0 amide bonds. The first-order chi connectivity index (χ1) is 8.58. The van der Waals surface area contributed by atoms with Crippen LogP contribution in [0.3, 0.4) is 0 Å². The van der Waals surface area contributed by atoms with Gasteiger partial charge in [-0.25, -0.2) is 9.67 Å². The van der Waals surface area contributed by atoms with E-state index < -0.39 is 0 Å². The summed E-state index contributed by atoms with van der Waals surface area (Å²) in [4.78, 5) is 6.11. The van der Waals surface area contributed by atoms with Crippen LogP contribution < -0.4 is 5.73 Å². The average Bonchev–Trinajstić information content (AvgIpc) is 2.93. The second-order valence-corrected chi connectivity index (χ2v) is 6.31. The Labute approximate surface area is 111 Å². The molecule has 0 aliphatic heterocycles. The van der Waals surface area contributed by atoms with E-state index in [2.05, 4.69) is 23.9 Å². The van der Waals surface area contributed by atoms with Gasteiger partial charge in [0.25, 0.3) is 0 Å². The SMILES string of the molecule is CC(C)c1nc(-c2c(N)sc3c2CCC3)n(C)n1. The molecule has 0 radical (unpaired) electrons. The largest absolute Gasteiger partial charge is 0.390 e. The van der Waals surface area contributed by atoms with E-state index in [1.165, 1.54) is 23.3 Å². The van der Waals surface area contributed by atoms with Gasteiger partial charge in [0.05, 0.1) is 10.6 Å². The molecule has 0 unspecified atom stereocenters. The molecule has 0 fully saturated rings. The highest BCUT2D eigenvalue weighted by atomic mass is 32.1. The van der Waals surface area contributed by atoms with E-state index in [-0.39, 0.29) is 0 Å². The Balaban J connectivity index is 2.15. The second kappa shape index (κ2) is 4.09. The van der Waals surface area contributed by atoms with E-state index >= 15 is 0 Å². The molecule has 0 spiro atoms. The minimum atomic E-state index is 0.345. The molecule has 2 aromatic heterocycles. The Morgan fingerprint density at radius 2 is 2.11 bits per heavy atom. The summed E-state index contributed by atoms with van der Waals surface area (Å²) in [6.45, 7) is 4.22. The lowest BCUT2D eigenvalue weighted by Crippen LogP contribution is -1.98. The fourth-order valence-electron chi connectivity index (χ4n) is 2.54. The van der Waals surface area contributed by atoms with Gasteiger partial charge < -0.3 is 5.73 Å². The number of nitrogens with two attached hydrogens (primary N) is 1. The third-order valence-corrected chi connectivity index (χ3v) is 4.59. The summed E-state index contributed by atoms with van der Waals surface area (Å²) >= 11 is 1.72. The lowest BCUT2D eigenvalue weighted by atomic mass is 10.1. The van der Waals surface area contributed by atoms with Gasteiger partial charge in [-0.05, 0) is 24.8 Å². The van der Waals surface area contributed by atoms with Crippen molar-refractivity contribution in [3.63, 3.8) is 0 Å². The average molecular weight is 262 g/mol. The molecule has 18 heavy (non-hydrogen) atoms. The van der Waals surface area contributed by atoms with Gasteiger partial charge >= 0.3 is 0 Å². The molecule has 0 saturated carbocycles. The quantitative estimate of drug-likeness (QED) is 0.905. The summed E-state index contributed by atoms with van der Waals surface area (Å²) in [7, 11) is 1.95. The molecule has 3 rings (SSSR count). The maximum atomic E-state index is 6.18. The van der Waals surface area contributed by atoms with Crippen molar-refractivity contribution in [3.05, 3.63) is 16.3 Å². The van der Waals surface area contributed by atoms with E-state index in [0.29, 0.717) is 5.92 Å². The van der Waals surface area contributed by atoms with E-state index in [4.69, 9.17) is 5.73 Å². The molecule has 2 N–H and O–H groups in total. The Bertz CT molecular complexity index is 594. The van der Waals surface area contributed by atoms with Crippen molar-refractivity contribution >= 4 is 16.3 Å². The molecule has 1 aliphatic carbocycles. The number of aromatic nitrogens is 3. The molecular formula is C13H18N4S. The summed E-state index contributed by atoms with van der Waals surface area (Å²) in [5.41, 5.74) is 8.71. The summed E-state index contributed by atoms with van der Waals surface area (Å²) in [6.07, 6.45) is 3.53. The van der Waals surface area contributed by atoms with Crippen LogP contribution in [0.15, 0.2) is 0 Å². The van der Waals surface area contributed by atoms with Gasteiger partial charge in [-0.2, -0.15) is 5.10 Å². The van der Waals surface area contributed by atoms with Crippen LogP contribution in [0.2, 0.25) is 0 Å². The number of thiophene rings is 1. The van der Waals surface area contributed by atoms with Crippen LogP contribution in [0, 0.1) is 0 Å². The maximum absolute atomic E-state index is 6.18. The molecule has 2 aromatic rings. The molecule has 0 saturated heterocycles. The van der Waals surface area contributed by atoms with Crippen LogP contribution in [-0.2, 0) is 19.9 Å². The highest BCUT2D eigenvalue weighted by Gasteiger charge is 2.25. The number of fused-ring (bicyclic) bond motifs is 1. The number of rotatable bonds is 2. The van der Waals surface area contributed by atoms with Gasteiger partial charge in [-0.15, -0.1) is 11.3 Å². The fourth-order valence-corrected chi connectivity index (χ4v) is 3.69. The number of hydrogen-bond donors (Lipinski definition) is 1. The van der Waals surface area contributed by atoms with E-state index in [0.717, 1.165) is 28.6 Å². The predicted octanol–water partition coefficient (Wildman–Crippen LogP) is 2.74. The van der Waals surface area contributed by atoms with Crippen molar-refractivity contribution in [2.45, 2.75) is 39.0 Å². The molecule has 5 heteroatoms. The molecule has 0 bridgehead atoms. The van der Waals surface area contributed by atoms with E-state index in [1.54, 1.807) is 11.3 Å². The zero-order valence-electron chi connectivity index (χ0n) is 11.0. The number of aryl methyl sites for hydroxylation is 2. The molecule has 1 aliphatic rings. The Morgan fingerprint density at radius 3 is 2.78 bits per heavy atom. The highest BCUT2D eigenvalue weighted by molar-refractivity contribution is 7.16. The predicted molar refractivity (Wildman–Crippen MR) is 74.8 cm³/mol. The van der Waals surface area contributed by atoms with Gasteiger partial charge in [0, 0.05) is 17.8 Å². The lowest BCUT2D eigenvalue weighted by Gasteiger charge is -2.02. The molecular weight excluding hydrogens is 244 g/mol. The summed E-state index contributed by atoms with van der Waals surface area (Å²) in [5.74, 6) is 2.17. The van der Waals surface area contributed by atoms with Crippen LogP contribution in [0.4, 0.5) is 5.00 Å². The Hall–Kier alpha value is -1.36. The number of nitrogens with zero attached hydrogens (tertiary/aromatic N) is 3. The van der Waals surface area contributed by atoms with Crippen molar-refractivity contribution in [3.8, 4) is 11.4 Å². The molecule has 2 heterocycles. The summed E-state index contributed by atoms with van der Waals surface area (Å²) < 4.78 is 1.87. The normalized spacial score (nSPS) is 14.4. The molecule has 0 atom stereocenters. The number of hydrogen-bond acceptors (Lipinski definition) is 4. The first-order valence-corrected chi connectivity index (χ1v) is 7.21. The van der Waals surface area contributed by atoms with Gasteiger partial charge in [0.15, 0.2) is 11.6 Å². The number of anilines is 1. The third-order valence-electron chi connectivity index (χ3n) is 3.47. The van der Waals surface area contributed by atoms with E-state index in [1.807, 2.05) is 11.7 Å². The first kappa shape index (κ1) is 11.7. The summed E-state index contributed by atoms with van der Waals surface area (Å²) in [6, 6.07) is 0. The minimum absolute atomic E-state index is 0.345. The van der Waals surface area contributed by atoms with Crippen molar-refractivity contribution in [1.82, 2.24) is 14.8 Å². The van der Waals surface area contributed by atoms with Crippen molar-refractivity contribution in [1.29, 1.82) is 0 Å². The van der Waals surface area contributed by atoms with Crippen LogP contribution >= 0.6 is 11.3 Å². The van der Waals surface area contributed by atoms with Gasteiger partial charge in [-0.3, -0.25) is 0 Å². The van der Waals surface area contributed by atoms with Crippen LogP contribution in [0.25, 0.3) is 11.4 Å². The van der Waals surface area contributed by atoms with Crippen molar-refractivity contribution in [2.75, 3.05) is 5.73 Å². The highest BCUT2D eigenvalue weighted by Crippen LogP contribution is 2.42. The zero-order chi connectivity index (χ0) is 12.9. The van der Waals surface area contributed by atoms with Gasteiger partial charge in [0.1, 0.15) is 0 Å². The van der Waals surface area contributed by atoms with Crippen LogP contribution in [-0.4, -0.2) is 14.8 Å². The standard InChI is InChI=1S/C13H18N4S/c1-7(2)12-15-13(17(3)16-12)10-8-5-4-6-9(8)18-11(10)14/h7H,4-6,14H2,1-3H3. The van der Waals surface area contributed by atoms with Crippen molar-refractivity contribution < 1.29 is 0 Å². The smallest absolute Gasteiger partial charge is 0.161 e. The second-order valence-electron chi connectivity index (χ2n) is 5.17. The topological polar surface area (TPSA) is 56.7 Å². The Kier molecular flexibility index (Phi) is 2.66. The van der Waals surface area contributed by atoms with Gasteiger partial charge in [0.2, 0.25) is 0 Å². The fraction of sp³-hybridized carbons (Fsp3) is 0.538. The summed E-state index contributed by atoms with van der Waals surface area (Å²) in [5, 5.41) is 5.38. The first-order valence-electron chi connectivity index (χ1n) is 6.39. The van der Waals surface area contributed by atoms with E-state index in [9.17, 15) is 0 Å². The lowest BCUT2D eigenvalue weighted by molar-refractivity contribution is 0.712.